The smallest absolute Gasteiger partial charge is 0.550 e. The molecule has 0 aromatic rings. The molecule has 0 aromatic heterocycles. The van der Waals surface area contributed by atoms with Crippen LogP contribution in [0.3, 0.4) is 0 Å². The number of carbonyl (C=O) groups is 9. The summed E-state index contributed by atoms with van der Waals surface area (Å²) in [4.78, 5) is 95.8. The van der Waals surface area contributed by atoms with Gasteiger partial charge in [0.05, 0.1) is 57.0 Å². The molecule has 0 aliphatic rings. The van der Waals surface area contributed by atoms with Crippen LogP contribution in [0.1, 0.15) is 97.8 Å². The van der Waals surface area contributed by atoms with Gasteiger partial charge in [-0.05, 0) is 19.3 Å². The number of aliphatic carboxylic acids is 6. The molecule has 0 heterocycles. The quantitative estimate of drug-likeness (QED) is 0.0350. The summed E-state index contributed by atoms with van der Waals surface area (Å²) >= 11 is 0. The van der Waals surface area contributed by atoms with Crippen molar-refractivity contribution < 1.29 is 103 Å². The first kappa shape index (κ1) is 59.2. The molecule has 0 spiro atoms. The van der Waals surface area contributed by atoms with Crippen LogP contribution in [0, 0.1) is 0 Å². The van der Waals surface area contributed by atoms with Gasteiger partial charge in [-0.15, -0.1) is 0 Å². The van der Waals surface area contributed by atoms with Gasteiger partial charge in [0.25, 0.3) is 0 Å². The molecule has 0 aliphatic heterocycles. The number of carboxylic acid groups (broad SMARTS) is 6. The second kappa shape index (κ2) is 31.2. The topological polar surface area (TPSA) is 380 Å². The number of aliphatic hydroxyl groups is 3. The van der Waals surface area contributed by atoms with Gasteiger partial charge in [0.2, 0.25) is 0 Å². The zero-order valence-corrected chi connectivity index (χ0v) is 36.1. The van der Waals surface area contributed by atoms with Gasteiger partial charge in [-0.2, -0.15) is 0 Å². The molecular formula is C30H42Bi2O21. The maximum atomic E-state index is 11.1. The Balaban J connectivity index is -0.000000213. The second-order valence-electron chi connectivity index (χ2n) is 10.9. The molecule has 21 nitrogen and oxygen atoms in total. The Morgan fingerprint density at radius 2 is 0.604 bits per heavy atom. The van der Waals surface area contributed by atoms with Crippen LogP contribution in [0.25, 0.3) is 0 Å². The third-order valence-corrected chi connectivity index (χ3v) is 6.04. The molecule has 0 saturated carbocycles. The molecule has 4 radical (unpaired) electrons. The van der Waals surface area contributed by atoms with Crippen LogP contribution in [0.5, 0.6) is 0 Å². The second-order valence-corrected chi connectivity index (χ2v) is 10.9. The Kier molecular flexibility index (Phi) is 34.9. The predicted molar refractivity (Wildman–Crippen MR) is 162 cm³/mol. The van der Waals surface area contributed by atoms with E-state index in [0.717, 1.165) is 19.3 Å². The summed E-state index contributed by atoms with van der Waals surface area (Å²) in [6, 6.07) is 0. The molecule has 0 amide bonds. The SMILES string of the molecule is CCCCOC(=O)CC(O)(CC(=O)[O-])C(=O)[O-].CCCCOC(=O)CC(O)(CC(=O)[O-])C(=O)[O-].CCCCOC(=O)CC(O)(CC(=O)[O-])C(=O)[O-].[Bi+3].[Bi+3]. The van der Waals surface area contributed by atoms with E-state index in [1.165, 1.54) is 0 Å². The molecule has 0 fully saturated rings. The molecule has 0 rings (SSSR count). The summed E-state index contributed by atoms with van der Waals surface area (Å²) in [5.41, 5.74) is -8.37. The minimum absolute atomic E-state index is 0. The fourth-order valence-electron chi connectivity index (χ4n) is 3.20. The van der Waals surface area contributed by atoms with Crippen LogP contribution in [-0.2, 0) is 57.4 Å². The van der Waals surface area contributed by atoms with Crippen molar-refractivity contribution in [3.05, 3.63) is 0 Å². The van der Waals surface area contributed by atoms with Crippen molar-refractivity contribution in [3.8, 4) is 0 Å². The van der Waals surface area contributed by atoms with Crippen molar-refractivity contribution in [1.82, 2.24) is 0 Å². The van der Waals surface area contributed by atoms with Crippen molar-refractivity contribution in [2.75, 3.05) is 19.8 Å². The molecule has 298 valence electrons. The van der Waals surface area contributed by atoms with E-state index in [1.54, 1.807) is 0 Å². The standard InChI is InChI=1S/3C10H16O7.2Bi/c3*1-2-3-4-17-8(13)6-10(16,9(14)15)5-7(11)12;;/h3*16H,2-6H2,1H3,(H,11,12)(H,14,15);;/q;;;2*+3/p-6. The normalized spacial score (nSPS) is 13.2. The zero-order valence-electron chi connectivity index (χ0n) is 29.2. The van der Waals surface area contributed by atoms with Gasteiger partial charge in [-0.3, -0.25) is 14.4 Å². The van der Waals surface area contributed by atoms with Gasteiger partial charge in [0, 0.05) is 37.2 Å². The predicted octanol–water partition coefficient (Wildman–Crippen LogP) is -8.74. The summed E-state index contributed by atoms with van der Waals surface area (Å²) in [5, 5.41) is 90.6. The molecule has 0 bridgehead atoms. The van der Waals surface area contributed by atoms with Crippen LogP contribution >= 0.6 is 0 Å². The fourth-order valence-corrected chi connectivity index (χ4v) is 3.20. The number of hydrogen-bond acceptors (Lipinski definition) is 21. The van der Waals surface area contributed by atoms with Crippen LogP contribution in [0.4, 0.5) is 0 Å². The first-order chi connectivity index (χ1) is 23.4. The largest absolute Gasteiger partial charge is 3.00 e. The van der Waals surface area contributed by atoms with Crippen molar-refractivity contribution in [2.24, 2.45) is 0 Å². The Morgan fingerprint density at radius 3 is 0.736 bits per heavy atom. The number of esters is 3. The van der Waals surface area contributed by atoms with E-state index in [4.69, 9.17) is 0 Å². The number of carbonyl (C=O) groups excluding carboxylic acids is 9. The van der Waals surface area contributed by atoms with E-state index < -0.39 is 109 Å². The first-order valence-electron chi connectivity index (χ1n) is 15.3. The maximum absolute atomic E-state index is 11.1. The fraction of sp³-hybridized carbons (Fsp3) is 0.700. The van der Waals surface area contributed by atoms with Gasteiger partial charge in [0.1, 0.15) is 16.8 Å². The number of ether oxygens (including phenoxy) is 3. The van der Waals surface area contributed by atoms with Gasteiger partial charge >= 0.3 is 70.3 Å². The molecule has 23 heteroatoms. The van der Waals surface area contributed by atoms with E-state index >= 15 is 0 Å². The first-order valence-corrected chi connectivity index (χ1v) is 15.3. The Labute approximate surface area is 342 Å². The molecule has 0 aromatic carbocycles. The molecule has 3 atom stereocenters. The molecule has 3 N–H and O–H groups in total. The summed E-state index contributed by atoms with van der Waals surface area (Å²) < 4.78 is 13.8. The van der Waals surface area contributed by atoms with E-state index in [0.29, 0.717) is 19.3 Å². The number of hydrogen-bond donors (Lipinski definition) is 3. The average Bonchev–Trinajstić information content (AvgIpc) is 2.96. The Hall–Kier alpha value is -3.12. The van der Waals surface area contributed by atoms with Crippen molar-refractivity contribution in [1.29, 1.82) is 0 Å². The van der Waals surface area contributed by atoms with Crippen LogP contribution < -0.4 is 30.6 Å². The third kappa shape index (κ3) is 30.0. The van der Waals surface area contributed by atoms with Crippen LogP contribution in [0.2, 0.25) is 0 Å². The molecule has 0 saturated heterocycles. The van der Waals surface area contributed by atoms with Crippen molar-refractivity contribution >= 4 is 106 Å². The zero-order chi connectivity index (χ0) is 40.4. The minimum atomic E-state index is -2.79. The summed E-state index contributed by atoms with van der Waals surface area (Å²) in [6.07, 6.45) is -2.51. The van der Waals surface area contributed by atoms with E-state index in [2.05, 4.69) is 14.2 Å². The van der Waals surface area contributed by atoms with Gasteiger partial charge in [0.15, 0.2) is 0 Å². The van der Waals surface area contributed by atoms with Crippen molar-refractivity contribution in [2.45, 2.75) is 115 Å². The molecule has 0 aliphatic carbocycles. The average molecular weight is 1160 g/mol. The minimum Gasteiger partial charge on any atom is -0.550 e. The Bertz CT molecular complexity index is 1050. The van der Waals surface area contributed by atoms with E-state index in [1.807, 2.05) is 20.8 Å². The van der Waals surface area contributed by atoms with Crippen molar-refractivity contribution in [3.63, 3.8) is 0 Å². The van der Waals surface area contributed by atoms with Gasteiger partial charge < -0.3 is 88.9 Å². The van der Waals surface area contributed by atoms with Gasteiger partial charge in [-0.25, -0.2) is 0 Å². The molecule has 53 heavy (non-hydrogen) atoms. The number of unbranched alkanes of at least 4 members (excludes halogenated alkanes) is 3. The monoisotopic (exact) mass is 1160 g/mol. The van der Waals surface area contributed by atoms with E-state index in [9.17, 15) is 89.1 Å². The Morgan fingerprint density at radius 1 is 0.415 bits per heavy atom. The third-order valence-electron chi connectivity index (χ3n) is 6.04. The van der Waals surface area contributed by atoms with E-state index in [-0.39, 0.29) is 72.2 Å². The summed E-state index contributed by atoms with van der Waals surface area (Å²) in [6.45, 7) is 5.85. The molecule has 3 unspecified atom stereocenters. The van der Waals surface area contributed by atoms with Gasteiger partial charge in [-0.1, -0.05) is 40.0 Å². The van der Waals surface area contributed by atoms with Crippen LogP contribution in [-0.4, -0.2) is 158 Å². The van der Waals surface area contributed by atoms with Crippen LogP contribution in [0.15, 0.2) is 0 Å². The molecular weight excluding hydrogens is 1110 g/mol. The summed E-state index contributed by atoms with van der Waals surface area (Å²) in [7, 11) is 0. The number of rotatable bonds is 24. The summed E-state index contributed by atoms with van der Waals surface area (Å²) in [5.74, 6) is -14.5. The number of carboxylic acids is 6. The maximum Gasteiger partial charge on any atom is 3.00 e.